The van der Waals surface area contributed by atoms with Gasteiger partial charge in [0.05, 0.1) is 25.1 Å². The number of hydrogen-bond donors (Lipinski definition) is 1. The topological polar surface area (TPSA) is 75.7 Å². The highest BCUT2D eigenvalue weighted by atomic mass is 32.2. The monoisotopic (exact) mass is 362 g/mol. The highest BCUT2D eigenvalue weighted by Gasteiger charge is 2.17. The van der Waals surface area contributed by atoms with Crippen molar-refractivity contribution in [3.8, 4) is 5.75 Å². The van der Waals surface area contributed by atoms with Crippen LogP contribution >= 0.6 is 0 Å². The van der Waals surface area contributed by atoms with E-state index in [0.29, 0.717) is 17.0 Å². The number of nitrogens with zero attached hydrogens (tertiary/aromatic N) is 1. The average Bonchev–Trinajstić information content (AvgIpc) is 2.60. The number of amides is 1. The quantitative estimate of drug-likeness (QED) is 0.857. The van der Waals surface area contributed by atoms with Crippen LogP contribution in [0.25, 0.3) is 0 Å². The lowest BCUT2D eigenvalue weighted by Crippen LogP contribution is -2.28. The van der Waals surface area contributed by atoms with E-state index in [1.165, 1.54) is 7.05 Å². The van der Waals surface area contributed by atoms with E-state index in [2.05, 4.69) is 5.32 Å². The number of anilines is 1. The molecule has 1 atom stereocenters. The van der Waals surface area contributed by atoms with Crippen molar-refractivity contribution in [2.75, 3.05) is 24.7 Å². The molecular formula is C18H22N2O4S. The fourth-order valence-corrected chi connectivity index (χ4v) is 2.91. The zero-order valence-corrected chi connectivity index (χ0v) is 15.5. The van der Waals surface area contributed by atoms with Crippen LogP contribution in [0.15, 0.2) is 48.5 Å². The third-order valence-electron chi connectivity index (χ3n) is 3.92. The minimum Gasteiger partial charge on any atom is -0.496 e. The maximum absolute atomic E-state index is 12.5. The van der Waals surface area contributed by atoms with Crippen LogP contribution in [0.4, 0.5) is 5.69 Å². The predicted octanol–water partition coefficient (Wildman–Crippen LogP) is 2.58. The van der Waals surface area contributed by atoms with Gasteiger partial charge in [-0.15, -0.1) is 0 Å². The number of nitrogens with one attached hydrogen (secondary N) is 1. The van der Waals surface area contributed by atoms with E-state index in [9.17, 15) is 13.2 Å². The smallest absolute Gasteiger partial charge is 0.251 e. The zero-order chi connectivity index (χ0) is 18.6. The molecule has 0 aliphatic heterocycles. The van der Waals surface area contributed by atoms with Gasteiger partial charge in [0.25, 0.3) is 5.91 Å². The zero-order valence-electron chi connectivity index (χ0n) is 14.7. The van der Waals surface area contributed by atoms with Gasteiger partial charge in [-0.1, -0.05) is 24.3 Å². The summed E-state index contributed by atoms with van der Waals surface area (Å²) in [7, 11) is -0.359. The molecule has 0 saturated heterocycles. The summed E-state index contributed by atoms with van der Waals surface area (Å²) in [5, 5.41) is 2.91. The fraction of sp³-hybridized carbons (Fsp3) is 0.278. The van der Waals surface area contributed by atoms with Gasteiger partial charge in [-0.3, -0.25) is 9.10 Å². The Labute approximate surface area is 148 Å². The molecule has 6 nitrogen and oxygen atoms in total. The van der Waals surface area contributed by atoms with Crippen molar-refractivity contribution in [1.82, 2.24) is 5.32 Å². The van der Waals surface area contributed by atoms with Crippen LogP contribution < -0.4 is 14.4 Å². The molecule has 2 aromatic carbocycles. The van der Waals surface area contributed by atoms with E-state index < -0.39 is 10.0 Å². The average molecular weight is 362 g/mol. The summed E-state index contributed by atoms with van der Waals surface area (Å²) in [6, 6.07) is 13.7. The van der Waals surface area contributed by atoms with Crippen molar-refractivity contribution in [2.24, 2.45) is 0 Å². The Hall–Kier alpha value is -2.54. The molecule has 0 fully saturated rings. The van der Waals surface area contributed by atoms with Crippen LogP contribution in [0, 0.1) is 0 Å². The van der Waals surface area contributed by atoms with Crippen LogP contribution in [0.5, 0.6) is 5.75 Å². The van der Waals surface area contributed by atoms with Gasteiger partial charge in [0.15, 0.2) is 0 Å². The normalized spacial score (nSPS) is 12.3. The van der Waals surface area contributed by atoms with Crippen molar-refractivity contribution in [1.29, 1.82) is 0 Å². The lowest BCUT2D eigenvalue weighted by molar-refractivity contribution is 0.0939. The summed E-state index contributed by atoms with van der Waals surface area (Å²) in [5.41, 5.74) is 1.68. The molecule has 0 radical (unpaired) electrons. The standard InChI is InChI=1S/C18H22N2O4S/c1-13(16-10-5-6-11-17(16)24-3)19-18(21)14-8-7-9-15(12-14)20(2)25(4,22)23/h5-13H,1-4H3,(H,19,21)/t13-/m0/s1. The lowest BCUT2D eigenvalue weighted by Gasteiger charge is -2.19. The highest BCUT2D eigenvalue weighted by Crippen LogP contribution is 2.25. The fourth-order valence-electron chi connectivity index (χ4n) is 2.42. The van der Waals surface area contributed by atoms with Crippen LogP contribution in [-0.4, -0.2) is 34.7 Å². The van der Waals surface area contributed by atoms with E-state index in [-0.39, 0.29) is 11.9 Å². The first kappa shape index (κ1) is 18.8. The molecule has 0 heterocycles. The van der Waals surface area contributed by atoms with Gasteiger partial charge in [-0.25, -0.2) is 8.42 Å². The maximum Gasteiger partial charge on any atom is 0.251 e. The molecule has 0 saturated carbocycles. The molecule has 0 bridgehead atoms. The van der Waals surface area contributed by atoms with Crippen LogP contribution in [0.2, 0.25) is 0 Å². The van der Waals surface area contributed by atoms with E-state index in [4.69, 9.17) is 4.74 Å². The first-order chi connectivity index (χ1) is 11.7. The number of sulfonamides is 1. The molecule has 0 aliphatic rings. The SMILES string of the molecule is COc1ccccc1[C@H](C)NC(=O)c1cccc(N(C)S(C)(=O)=O)c1. The largest absolute Gasteiger partial charge is 0.496 e. The van der Waals surface area contributed by atoms with Gasteiger partial charge in [-0.05, 0) is 31.2 Å². The van der Waals surface area contributed by atoms with Crippen molar-refractivity contribution >= 4 is 21.6 Å². The van der Waals surface area contributed by atoms with E-state index in [1.807, 2.05) is 31.2 Å². The van der Waals surface area contributed by atoms with Crippen LogP contribution in [0.1, 0.15) is 28.9 Å². The number of hydrogen-bond acceptors (Lipinski definition) is 4. The minimum atomic E-state index is -3.39. The molecule has 0 spiro atoms. The van der Waals surface area contributed by atoms with Crippen LogP contribution in [-0.2, 0) is 10.0 Å². The second-order valence-corrected chi connectivity index (χ2v) is 7.73. The molecule has 1 amide bonds. The van der Waals surface area contributed by atoms with E-state index >= 15 is 0 Å². The molecule has 7 heteroatoms. The Balaban J connectivity index is 2.21. The summed E-state index contributed by atoms with van der Waals surface area (Å²) in [5.74, 6) is 0.406. The van der Waals surface area contributed by atoms with Gasteiger partial charge in [0.1, 0.15) is 5.75 Å². The lowest BCUT2D eigenvalue weighted by atomic mass is 10.1. The van der Waals surface area contributed by atoms with E-state index in [1.54, 1.807) is 31.4 Å². The molecule has 2 rings (SSSR count). The molecule has 0 aromatic heterocycles. The predicted molar refractivity (Wildman–Crippen MR) is 98.6 cm³/mol. The van der Waals surface area contributed by atoms with Gasteiger partial charge in [0.2, 0.25) is 10.0 Å². The van der Waals surface area contributed by atoms with Gasteiger partial charge in [-0.2, -0.15) is 0 Å². The number of methoxy groups -OCH3 is 1. The van der Waals surface area contributed by atoms with Gasteiger partial charge >= 0.3 is 0 Å². The van der Waals surface area contributed by atoms with E-state index in [0.717, 1.165) is 16.1 Å². The van der Waals surface area contributed by atoms with Crippen molar-refractivity contribution in [3.05, 3.63) is 59.7 Å². The molecule has 0 unspecified atom stereocenters. The minimum absolute atomic E-state index is 0.264. The second-order valence-electron chi connectivity index (χ2n) is 5.72. The molecule has 25 heavy (non-hydrogen) atoms. The number of para-hydroxylation sites is 1. The Morgan fingerprint density at radius 2 is 1.84 bits per heavy atom. The summed E-state index contributed by atoms with van der Waals surface area (Å²) in [4.78, 5) is 12.5. The maximum atomic E-state index is 12.5. The summed E-state index contributed by atoms with van der Waals surface area (Å²) in [6.45, 7) is 1.86. The summed E-state index contributed by atoms with van der Waals surface area (Å²) < 4.78 is 29.8. The Morgan fingerprint density at radius 1 is 1.16 bits per heavy atom. The summed E-state index contributed by atoms with van der Waals surface area (Å²) in [6.07, 6.45) is 1.11. The number of carbonyl (C=O) groups excluding carboxylic acids is 1. The second kappa shape index (κ2) is 7.57. The molecule has 2 aromatic rings. The Bertz CT molecular complexity index is 865. The number of ether oxygens (including phenoxy) is 1. The van der Waals surface area contributed by atoms with Crippen molar-refractivity contribution in [2.45, 2.75) is 13.0 Å². The van der Waals surface area contributed by atoms with Gasteiger partial charge < -0.3 is 10.1 Å². The van der Waals surface area contributed by atoms with Crippen molar-refractivity contribution < 1.29 is 17.9 Å². The first-order valence-corrected chi connectivity index (χ1v) is 9.56. The van der Waals surface area contributed by atoms with Crippen molar-refractivity contribution in [3.63, 3.8) is 0 Å². The molecular weight excluding hydrogens is 340 g/mol. The third kappa shape index (κ3) is 4.51. The Morgan fingerprint density at radius 3 is 2.48 bits per heavy atom. The molecule has 1 N–H and O–H groups in total. The number of benzene rings is 2. The molecule has 134 valence electrons. The van der Waals surface area contributed by atoms with Crippen LogP contribution in [0.3, 0.4) is 0 Å². The number of rotatable bonds is 6. The first-order valence-electron chi connectivity index (χ1n) is 7.71. The summed E-state index contributed by atoms with van der Waals surface area (Å²) >= 11 is 0. The molecule has 0 aliphatic carbocycles. The Kier molecular flexibility index (Phi) is 5.69. The number of carbonyl (C=O) groups is 1. The third-order valence-corrected chi connectivity index (χ3v) is 5.13. The highest BCUT2D eigenvalue weighted by molar-refractivity contribution is 7.92. The van der Waals surface area contributed by atoms with Gasteiger partial charge in [0, 0.05) is 18.2 Å².